The minimum Gasteiger partial charge on any atom is -0.375 e. The van der Waals surface area contributed by atoms with E-state index in [-0.39, 0.29) is 18.5 Å². The zero-order valence-corrected chi connectivity index (χ0v) is 10.6. The Morgan fingerprint density at radius 3 is 2.28 bits per heavy atom. The number of hydrogen-bond donors (Lipinski definition) is 1. The number of ether oxygens (including phenoxy) is 1. The van der Waals surface area contributed by atoms with E-state index in [2.05, 4.69) is 0 Å². The predicted molar refractivity (Wildman–Crippen MR) is 64.2 cm³/mol. The van der Waals surface area contributed by atoms with Crippen LogP contribution in [-0.2, 0) is 4.74 Å². The zero-order valence-electron chi connectivity index (χ0n) is 10.6. The molecular formula is C13H18F3NO. The second-order valence-corrected chi connectivity index (χ2v) is 4.33. The summed E-state index contributed by atoms with van der Waals surface area (Å²) in [7, 11) is 0. The fourth-order valence-electron chi connectivity index (χ4n) is 1.74. The smallest absolute Gasteiger partial charge is 0.261 e. The molecule has 0 aromatic heterocycles. The van der Waals surface area contributed by atoms with Gasteiger partial charge in [0.2, 0.25) is 0 Å². The minimum atomic E-state index is -2.46. The molecule has 1 aromatic rings. The summed E-state index contributed by atoms with van der Waals surface area (Å²) in [6.45, 7) is 2.94. The maximum Gasteiger partial charge on any atom is 0.261 e. The summed E-state index contributed by atoms with van der Waals surface area (Å²) < 4.78 is 41.9. The first-order valence-corrected chi connectivity index (χ1v) is 5.80. The molecule has 0 bridgehead atoms. The van der Waals surface area contributed by atoms with Crippen molar-refractivity contribution in [3.63, 3.8) is 0 Å². The van der Waals surface area contributed by atoms with Gasteiger partial charge < -0.3 is 10.5 Å². The van der Waals surface area contributed by atoms with E-state index in [0.717, 1.165) is 5.56 Å². The molecule has 0 radical (unpaired) electrons. The second kappa shape index (κ2) is 6.75. The first-order chi connectivity index (χ1) is 8.41. The van der Waals surface area contributed by atoms with Crippen LogP contribution in [-0.4, -0.2) is 19.6 Å². The summed E-state index contributed by atoms with van der Waals surface area (Å²) in [5, 5.41) is 0. The van der Waals surface area contributed by atoms with E-state index in [4.69, 9.17) is 10.5 Å². The molecule has 1 aromatic carbocycles. The van der Waals surface area contributed by atoms with Crippen LogP contribution in [0.1, 0.15) is 29.2 Å². The van der Waals surface area contributed by atoms with Crippen LogP contribution in [0.2, 0.25) is 0 Å². The summed E-state index contributed by atoms with van der Waals surface area (Å²) in [5.41, 5.74) is 7.78. The Labute approximate surface area is 105 Å². The van der Waals surface area contributed by atoms with Crippen LogP contribution in [0, 0.1) is 19.7 Å². The molecule has 2 nitrogen and oxygen atoms in total. The Morgan fingerprint density at radius 2 is 1.78 bits per heavy atom. The number of hydrogen-bond acceptors (Lipinski definition) is 2. The molecule has 18 heavy (non-hydrogen) atoms. The van der Waals surface area contributed by atoms with Gasteiger partial charge in [0.15, 0.2) is 0 Å². The molecule has 5 heteroatoms. The summed E-state index contributed by atoms with van der Waals surface area (Å²) >= 11 is 0. The van der Waals surface area contributed by atoms with Crippen LogP contribution < -0.4 is 5.73 Å². The van der Waals surface area contributed by atoms with Gasteiger partial charge in [-0.05, 0) is 37.0 Å². The van der Waals surface area contributed by atoms with E-state index in [1.54, 1.807) is 26.0 Å². The van der Waals surface area contributed by atoms with Gasteiger partial charge in [-0.1, -0.05) is 12.1 Å². The lowest BCUT2D eigenvalue weighted by atomic mass is 9.99. The zero-order chi connectivity index (χ0) is 13.7. The van der Waals surface area contributed by atoms with Crippen LogP contribution in [0.4, 0.5) is 13.2 Å². The highest BCUT2D eigenvalue weighted by atomic mass is 19.3. The van der Waals surface area contributed by atoms with Crippen molar-refractivity contribution in [2.45, 2.75) is 32.7 Å². The first kappa shape index (κ1) is 15.0. The topological polar surface area (TPSA) is 35.2 Å². The van der Waals surface area contributed by atoms with E-state index in [0.29, 0.717) is 17.5 Å². The van der Waals surface area contributed by atoms with Gasteiger partial charge in [-0.15, -0.1) is 0 Å². The van der Waals surface area contributed by atoms with Gasteiger partial charge in [0.1, 0.15) is 12.4 Å². The van der Waals surface area contributed by atoms with Crippen molar-refractivity contribution in [2.24, 2.45) is 5.73 Å². The number of nitrogens with two attached hydrogens (primary N) is 1. The van der Waals surface area contributed by atoms with Crippen LogP contribution >= 0.6 is 0 Å². The summed E-state index contributed by atoms with van der Waals surface area (Å²) in [6.07, 6.45) is -2.03. The summed E-state index contributed by atoms with van der Waals surface area (Å²) in [4.78, 5) is 0. The molecule has 102 valence electrons. The number of halogens is 3. The second-order valence-electron chi connectivity index (χ2n) is 4.33. The minimum absolute atomic E-state index is 0.168. The Hall–Kier alpha value is -1.07. The quantitative estimate of drug-likeness (QED) is 0.798. The molecule has 0 saturated heterocycles. The average molecular weight is 261 g/mol. The van der Waals surface area contributed by atoms with E-state index < -0.39 is 13.0 Å². The monoisotopic (exact) mass is 261 g/mol. The molecule has 0 heterocycles. The van der Waals surface area contributed by atoms with Crippen molar-refractivity contribution in [3.8, 4) is 0 Å². The fourth-order valence-corrected chi connectivity index (χ4v) is 1.74. The maximum atomic E-state index is 13.4. The highest BCUT2D eigenvalue weighted by Crippen LogP contribution is 2.20. The number of alkyl halides is 2. The highest BCUT2D eigenvalue weighted by Gasteiger charge is 2.11. The Kier molecular flexibility index (Phi) is 5.62. The van der Waals surface area contributed by atoms with Gasteiger partial charge in [0, 0.05) is 12.6 Å². The van der Waals surface area contributed by atoms with Crippen LogP contribution in [0.3, 0.4) is 0 Å². The van der Waals surface area contributed by atoms with Crippen LogP contribution in [0.25, 0.3) is 0 Å². The lowest BCUT2D eigenvalue weighted by Crippen LogP contribution is -2.15. The molecule has 0 spiro atoms. The van der Waals surface area contributed by atoms with Gasteiger partial charge in [-0.3, -0.25) is 0 Å². The molecule has 0 aliphatic rings. The molecule has 0 fully saturated rings. The van der Waals surface area contributed by atoms with Gasteiger partial charge in [-0.2, -0.15) is 0 Å². The normalized spacial score (nSPS) is 13.1. The number of aryl methyl sites for hydroxylation is 2. The third-order valence-corrected chi connectivity index (χ3v) is 2.70. The molecule has 2 N–H and O–H groups in total. The molecule has 0 aliphatic carbocycles. The van der Waals surface area contributed by atoms with E-state index in [1.807, 2.05) is 0 Å². The van der Waals surface area contributed by atoms with Gasteiger partial charge in [0.25, 0.3) is 6.43 Å². The highest BCUT2D eigenvalue weighted by molar-refractivity contribution is 5.32. The van der Waals surface area contributed by atoms with Crippen molar-refractivity contribution in [3.05, 3.63) is 34.6 Å². The summed E-state index contributed by atoms with van der Waals surface area (Å²) in [6, 6.07) is 3.03. The standard InChI is InChI=1S/C13H18F3NO/c1-8-5-10(6-9(2)13(8)16)11(17)3-4-18-7-12(14)15/h5-6,11-12H,3-4,7,17H2,1-2H3. The molecule has 1 rings (SSSR count). The third-order valence-electron chi connectivity index (χ3n) is 2.70. The predicted octanol–water partition coefficient (Wildman–Crippen LogP) is 3.11. The largest absolute Gasteiger partial charge is 0.375 e. The fraction of sp³-hybridized carbons (Fsp3) is 0.538. The molecule has 0 aliphatic heterocycles. The SMILES string of the molecule is Cc1cc(C(N)CCOCC(F)F)cc(C)c1F. The molecule has 1 unspecified atom stereocenters. The Balaban J connectivity index is 2.54. The van der Waals surface area contributed by atoms with Crippen molar-refractivity contribution in [2.75, 3.05) is 13.2 Å². The van der Waals surface area contributed by atoms with Gasteiger partial charge in [0.05, 0.1) is 0 Å². The molecule has 1 atom stereocenters. The van der Waals surface area contributed by atoms with Gasteiger partial charge >= 0.3 is 0 Å². The van der Waals surface area contributed by atoms with Gasteiger partial charge in [-0.25, -0.2) is 13.2 Å². The van der Waals surface area contributed by atoms with Crippen LogP contribution in [0.5, 0.6) is 0 Å². The molecule has 0 amide bonds. The lowest BCUT2D eigenvalue weighted by Gasteiger charge is -2.14. The van der Waals surface area contributed by atoms with E-state index in [1.165, 1.54) is 0 Å². The van der Waals surface area contributed by atoms with Crippen molar-refractivity contribution >= 4 is 0 Å². The van der Waals surface area contributed by atoms with E-state index in [9.17, 15) is 13.2 Å². The first-order valence-electron chi connectivity index (χ1n) is 5.80. The maximum absolute atomic E-state index is 13.4. The lowest BCUT2D eigenvalue weighted by molar-refractivity contribution is 0.0152. The number of benzene rings is 1. The van der Waals surface area contributed by atoms with E-state index >= 15 is 0 Å². The van der Waals surface area contributed by atoms with Crippen molar-refractivity contribution in [1.82, 2.24) is 0 Å². The van der Waals surface area contributed by atoms with Crippen LogP contribution in [0.15, 0.2) is 12.1 Å². The van der Waals surface area contributed by atoms with Crippen molar-refractivity contribution < 1.29 is 17.9 Å². The Bertz CT molecular complexity index is 373. The molecule has 0 saturated carbocycles. The Morgan fingerprint density at radius 1 is 1.22 bits per heavy atom. The van der Waals surface area contributed by atoms with Crippen molar-refractivity contribution in [1.29, 1.82) is 0 Å². The summed E-state index contributed by atoms with van der Waals surface area (Å²) in [5.74, 6) is -0.236. The number of rotatable bonds is 6. The average Bonchev–Trinajstić information content (AvgIpc) is 2.30. The third kappa shape index (κ3) is 4.31. The molecular weight excluding hydrogens is 243 g/mol.